The number of hydrogen-bond donors (Lipinski definition) is 8. The molecule has 0 aliphatic rings. The van der Waals surface area contributed by atoms with Crippen molar-refractivity contribution < 1.29 is 102 Å². The van der Waals surface area contributed by atoms with Crippen LogP contribution in [0.15, 0.2) is 171 Å². The first-order valence-electron chi connectivity index (χ1n) is 21.2. The van der Waals surface area contributed by atoms with E-state index in [-0.39, 0.29) is 78.1 Å². The highest BCUT2D eigenvalue weighted by Crippen LogP contribution is 2.47. The SMILES string of the molecule is Nc1c(N=Nc2ccc3c(O)c(N=Nc4ccc([N+](=O)[O-])cc4)c(S(=O)(=O)O)cc3c2)c(S(=O)(=O)O)cc2ccc(N=Nc3ccc4c(O)c(N=Nc5ccc(CO)cc5S(=O)(=O)O)ccc4c3)c(O)c12.O=S(=O)=O.O=S(=O)=O.O=S(=O)=O. The van der Waals surface area contributed by atoms with Crippen LogP contribution in [0.2, 0.25) is 0 Å². The van der Waals surface area contributed by atoms with Crippen LogP contribution in [0, 0.1) is 10.1 Å². The Morgan fingerprint density at radius 1 is 0.446 bits per heavy atom. The van der Waals surface area contributed by atoms with Crippen molar-refractivity contribution in [1.29, 1.82) is 0 Å². The first kappa shape index (κ1) is 63.9. The normalized spacial score (nSPS) is 11.8. The zero-order valence-electron chi connectivity index (χ0n) is 40.3. The first-order chi connectivity index (χ1) is 38.7. The number of aromatic hydroxyl groups is 3. The summed E-state index contributed by atoms with van der Waals surface area (Å²) >= 11 is 0. The molecule has 0 heterocycles. The molecule has 0 spiro atoms. The van der Waals surface area contributed by atoms with Gasteiger partial charge in [0.2, 0.25) is 0 Å². The summed E-state index contributed by atoms with van der Waals surface area (Å²) in [5, 5.41) is 85.9. The molecule has 8 aromatic carbocycles. The Morgan fingerprint density at radius 2 is 0.855 bits per heavy atom. The lowest BCUT2D eigenvalue weighted by molar-refractivity contribution is -0.384. The van der Waals surface area contributed by atoms with Crippen molar-refractivity contribution in [3.05, 3.63) is 131 Å². The van der Waals surface area contributed by atoms with Crippen LogP contribution in [0.1, 0.15) is 5.56 Å². The minimum absolute atomic E-state index is 0.0106. The Morgan fingerprint density at radius 3 is 1.39 bits per heavy atom. The Labute approximate surface area is 467 Å². The second kappa shape index (κ2) is 26.6. The lowest BCUT2D eigenvalue weighted by Crippen LogP contribution is -2.01. The molecular weight excluding hydrogens is 1230 g/mol. The van der Waals surface area contributed by atoms with E-state index in [1.807, 2.05) is 0 Å². The summed E-state index contributed by atoms with van der Waals surface area (Å²) in [5.41, 5.74) is 4.19. The Hall–Kier alpha value is -9.91. The lowest BCUT2D eigenvalue weighted by atomic mass is 10.1. The number of nitro groups is 1. The number of benzene rings is 8. The van der Waals surface area contributed by atoms with Gasteiger partial charge in [0.15, 0.2) is 17.2 Å². The zero-order chi connectivity index (χ0) is 61.9. The van der Waals surface area contributed by atoms with E-state index in [1.54, 1.807) is 0 Å². The Balaban J connectivity index is 0.000000959. The van der Waals surface area contributed by atoms with E-state index >= 15 is 0 Å². The third-order valence-electron chi connectivity index (χ3n) is 10.4. The number of nitrogens with two attached hydrogens (primary N) is 1. The van der Waals surface area contributed by atoms with E-state index in [4.69, 9.17) is 43.6 Å². The standard InChI is InChI=1S/C43H30N10O15S3.3O3S/c44-38-37-23(3-14-33(43(37)57)49-46-26-6-10-29-22(16-26)2-13-32(41(29)55)50-48-31-12-1-21(20-54)15-34(31)69(60,61)62)18-35(70(63,64)65)39(38)51-47-27-7-11-30-24(17-27)19-36(71(66,67)68)40(42(30)56)52-45-25-4-8-28(9-5-25)53(58)59;3*1-4(2)3/h1-19,54-57H,20,44H2,(H,60,61,62)(H,63,64,65)(H,66,67,68);;;. The van der Waals surface area contributed by atoms with Gasteiger partial charge in [0.05, 0.1) is 39.7 Å². The van der Waals surface area contributed by atoms with Crippen molar-refractivity contribution in [2.45, 2.75) is 21.3 Å². The molecule has 0 aromatic heterocycles. The average Bonchev–Trinajstić information content (AvgIpc) is 3.40. The summed E-state index contributed by atoms with van der Waals surface area (Å²) in [6.45, 7) is -0.501. The number of non-ortho nitro benzene ring substituents is 1. The van der Waals surface area contributed by atoms with Gasteiger partial charge in [-0.15, -0.1) is 63.5 Å². The summed E-state index contributed by atoms with van der Waals surface area (Å²) in [6, 6.07) is 23.8. The maximum atomic E-state index is 12.6. The number of aliphatic hydroxyl groups excluding tert-OH is 1. The molecule has 8 aromatic rings. The predicted molar refractivity (Wildman–Crippen MR) is 282 cm³/mol. The van der Waals surface area contributed by atoms with Crippen molar-refractivity contribution in [1.82, 2.24) is 0 Å². The summed E-state index contributed by atoms with van der Waals surface area (Å²) < 4.78 is 180. The van der Waals surface area contributed by atoms with Gasteiger partial charge in [-0.2, -0.15) is 40.6 Å². The third kappa shape index (κ3) is 16.8. The van der Waals surface area contributed by atoms with Gasteiger partial charge in [-0.25, -0.2) is 0 Å². The maximum absolute atomic E-state index is 12.6. The molecule has 0 saturated heterocycles. The van der Waals surface area contributed by atoms with Crippen LogP contribution in [0.5, 0.6) is 17.2 Å². The highest BCUT2D eigenvalue weighted by atomic mass is 32.2. The number of azo groups is 4. The van der Waals surface area contributed by atoms with Gasteiger partial charge in [0.1, 0.15) is 43.1 Å². The number of hydrogen-bond acceptors (Lipinski definition) is 30. The van der Waals surface area contributed by atoms with E-state index < -0.39 is 117 Å². The fourth-order valence-corrected chi connectivity index (χ4v) is 8.99. The molecule has 0 unspecified atom stereocenters. The van der Waals surface area contributed by atoms with E-state index in [9.17, 15) is 69.5 Å². The number of nitrogen functional groups attached to an aromatic ring is 1. The summed E-state index contributed by atoms with van der Waals surface area (Å²) in [6.07, 6.45) is 0. The van der Waals surface area contributed by atoms with Crippen LogP contribution in [0.3, 0.4) is 0 Å². The minimum Gasteiger partial charge on any atom is -0.505 e. The smallest absolute Gasteiger partial charge is 0.425 e. The number of aliphatic hydroxyl groups is 1. The van der Waals surface area contributed by atoms with Gasteiger partial charge in [-0.1, -0.05) is 18.2 Å². The topological polar surface area (TPSA) is 566 Å². The van der Waals surface area contributed by atoms with Crippen molar-refractivity contribution in [2.24, 2.45) is 40.9 Å². The number of phenols is 3. The first-order valence-corrected chi connectivity index (χ1v) is 28.5. The van der Waals surface area contributed by atoms with Crippen molar-refractivity contribution in [3.63, 3.8) is 0 Å². The minimum atomic E-state index is -5.09. The molecular formula is C43H30N10O24S6. The molecule has 0 aliphatic carbocycles. The molecule has 432 valence electrons. The van der Waals surface area contributed by atoms with Gasteiger partial charge >= 0.3 is 31.8 Å². The molecule has 0 atom stereocenters. The van der Waals surface area contributed by atoms with Gasteiger partial charge < -0.3 is 26.2 Å². The van der Waals surface area contributed by atoms with E-state index in [1.165, 1.54) is 84.9 Å². The number of rotatable bonds is 13. The number of fused-ring (bicyclic) bond motifs is 3. The fourth-order valence-electron chi connectivity index (χ4n) is 6.99. The average molecular weight is 1260 g/mol. The van der Waals surface area contributed by atoms with Gasteiger partial charge in [-0.05, 0) is 107 Å². The van der Waals surface area contributed by atoms with E-state index in [2.05, 4.69) is 40.9 Å². The van der Waals surface area contributed by atoms with Gasteiger partial charge in [0.25, 0.3) is 36.0 Å². The van der Waals surface area contributed by atoms with Gasteiger partial charge in [-0.3, -0.25) is 23.8 Å². The second-order valence-corrected chi connectivity index (χ2v) is 21.0. The van der Waals surface area contributed by atoms with Crippen molar-refractivity contribution >= 4 is 151 Å². The monoisotopic (exact) mass is 1260 g/mol. The third-order valence-corrected chi connectivity index (χ3v) is 13.0. The largest absolute Gasteiger partial charge is 0.505 e. The quantitative estimate of drug-likeness (QED) is 0.0181. The molecule has 0 fully saturated rings. The highest BCUT2D eigenvalue weighted by molar-refractivity contribution is 7.86. The van der Waals surface area contributed by atoms with Gasteiger partial charge in [0, 0.05) is 22.9 Å². The fraction of sp³-hybridized carbons (Fsp3) is 0.0233. The van der Waals surface area contributed by atoms with Crippen LogP contribution >= 0.6 is 0 Å². The Bertz CT molecular complexity index is 4720. The predicted octanol–water partition coefficient (Wildman–Crippen LogP) is 7.64. The molecule has 0 bridgehead atoms. The number of phenolic OH excluding ortho intramolecular Hbond substituents is 3. The van der Waals surface area contributed by atoms with E-state index in [0.29, 0.717) is 5.39 Å². The van der Waals surface area contributed by atoms with Crippen molar-refractivity contribution in [2.75, 3.05) is 5.73 Å². The van der Waals surface area contributed by atoms with E-state index in [0.717, 1.165) is 30.3 Å². The Kier molecular flexibility index (Phi) is 20.5. The molecule has 0 saturated carbocycles. The van der Waals surface area contributed by atoms with Crippen molar-refractivity contribution in [3.8, 4) is 17.2 Å². The molecule has 83 heavy (non-hydrogen) atoms. The lowest BCUT2D eigenvalue weighted by Gasteiger charge is -2.12. The van der Waals surface area contributed by atoms with Crippen LogP contribution in [0.25, 0.3) is 32.3 Å². The van der Waals surface area contributed by atoms with Crippen LogP contribution < -0.4 is 5.73 Å². The number of nitro benzene ring substituents is 1. The maximum Gasteiger partial charge on any atom is 0.425 e. The zero-order valence-corrected chi connectivity index (χ0v) is 45.2. The van der Waals surface area contributed by atoms with Crippen LogP contribution in [-0.4, -0.2) is 102 Å². The van der Waals surface area contributed by atoms with Crippen LogP contribution in [0.4, 0.5) is 56.9 Å². The van der Waals surface area contributed by atoms with Crippen LogP contribution in [-0.2, 0) is 68.8 Å². The molecule has 40 heteroatoms. The highest BCUT2D eigenvalue weighted by Gasteiger charge is 2.25. The molecule has 0 radical (unpaired) electrons. The second-order valence-electron chi connectivity index (χ2n) is 15.6. The molecule has 9 N–H and O–H groups in total. The number of anilines is 1. The summed E-state index contributed by atoms with van der Waals surface area (Å²) in [7, 11) is -24.2. The summed E-state index contributed by atoms with van der Waals surface area (Å²) in [5.74, 6) is -1.70. The summed E-state index contributed by atoms with van der Waals surface area (Å²) in [4.78, 5) is 8.01. The molecule has 8 rings (SSSR count). The molecule has 0 aliphatic heterocycles. The molecule has 34 nitrogen and oxygen atoms in total. The molecule has 0 amide bonds. The number of nitrogens with zero attached hydrogens (tertiary/aromatic N) is 9.